The summed E-state index contributed by atoms with van der Waals surface area (Å²) in [5, 5.41) is 0. The predicted molar refractivity (Wildman–Crippen MR) is 63.8 cm³/mol. The summed E-state index contributed by atoms with van der Waals surface area (Å²) in [5.74, 6) is -0.0921. The van der Waals surface area contributed by atoms with Crippen LogP contribution in [0.25, 0.3) is 0 Å². The van der Waals surface area contributed by atoms with E-state index in [1.54, 1.807) is 0 Å². The predicted octanol–water partition coefficient (Wildman–Crippen LogP) is 3.93. The molecule has 2 heteroatoms. The van der Waals surface area contributed by atoms with Crippen LogP contribution in [-0.4, -0.2) is 12.1 Å². The summed E-state index contributed by atoms with van der Waals surface area (Å²) in [6.45, 7) is 9.84. The highest BCUT2D eigenvalue weighted by Gasteiger charge is 2.24. The smallest absolute Gasteiger partial charge is 0.311 e. The standard InChI is InChI=1S/C13H26O2/c1-6-7-8-9-10-11(2)15-12(14)13(3,4)5/h11H,6-10H2,1-5H3. The molecule has 0 saturated heterocycles. The van der Waals surface area contributed by atoms with E-state index in [2.05, 4.69) is 6.92 Å². The largest absolute Gasteiger partial charge is 0.462 e. The monoisotopic (exact) mass is 214 g/mol. The molecule has 0 heterocycles. The van der Waals surface area contributed by atoms with Crippen LogP contribution in [-0.2, 0) is 9.53 Å². The molecule has 90 valence electrons. The number of rotatable bonds is 6. The summed E-state index contributed by atoms with van der Waals surface area (Å²) in [7, 11) is 0. The lowest BCUT2D eigenvalue weighted by Crippen LogP contribution is -2.26. The van der Waals surface area contributed by atoms with Gasteiger partial charge in [0.2, 0.25) is 0 Å². The second-order valence-electron chi connectivity index (χ2n) is 5.32. The maximum atomic E-state index is 11.5. The van der Waals surface area contributed by atoms with Crippen LogP contribution in [0.15, 0.2) is 0 Å². The number of carbonyl (C=O) groups excluding carboxylic acids is 1. The Balaban J connectivity index is 3.65. The molecule has 0 aliphatic heterocycles. The van der Waals surface area contributed by atoms with Crippen LogP contribution in [0.5, 0.6) is 0 Å². The Morgan fingerprint density at radius 3 is 2.27 bits per heavy atom. The average molecular weight is 214 g/mol. The number of hydrogen-bond acceptors (Lipinski definition) is 2. The molecule has 0 N–H and O–H groups in total. The minimum Gasteiger partial charge on any atom is -0.462 e. The zero-order valence-electron chi connectivity index (χ0n) is 10.9. The summed E-state index contributed by atoms with van der Waals surface area (Å²) >= 11 is 0. The van der Waals surface area contributed by atoms with Crippen LogP contribution in [0.4, 0.5) is 0 Å². The molecule has 0 aromatic carbocycles. The van der Waals surface area contributed by atoms with Crippen LogP contribution in [0.1, 0.15) is 66.7 Å². The van der Waals surface area contributed by atoms with Crippen LogP contribution >= 0.6 is 0 Å². The molecule has 0 aliphatic rings. The van der Waals surface area contributed by atoms with E-state index in [4.69, 9.17) is 4.74 Å². The van der Waals surface area contributed by atoms with E-state index >= 15 is 0 Å². The van der Waals surface area contributed by atoms with Gasteiger partial charge in [-0.2, -0.15) is 0 Å². The van der Waals surface area contributed by atoms with E-state index in [1.807, 2.05) is 27.7 Å². The molecule has 1 atom stereocenters. The molecule has 0 saturated carbocycles. The van der Waals surface area contributed by atoms with Crippen molar-refractivity contribution in [3.63, 3.8) is 0 Å². The summed E-state index contributed by atoms with van der Waals surface area (Å²) in [4.78, 5) is 11.5. The first-order valence-corrected chi connectivity index (χ1v) is 6.09. The maximum Gasteiger partial charge on any atom is 0.311 e. The molecule has 0 aromatic heterocycles. The Bertz CT molecular complexity index is 179. The van der Waals surface area contributed by atoms with Crippen molar-refractivity contribution in [1.82, 2.24) is 0 Å². The van der Waals surface area contributed by atoms with E-state index in [0.29, 0.717) is 0 Å². The summed E-state index contributed by atoms with van der Waals surface area (Å²) < 4.78 is 5.36. The lowest BCUT2D eigenvalue weighted by atomic mass is 9.97. The summed E-state index contributed by atoms with van der Waals surface area (Å²) in [6.07, 6.45) is 5.98. The van der Waals surface area contributed by atoms with Gasteiger partial charge in [-0.05, 0) is 40.5 Å². The van der Waals surface area contributed by atoms with Gasteiger partial charge in [0.05, 0.1) is 11.5 Å². The van der Waals surface area contributed by atoms with Gasteiger partial charge in [-0.15, -0.1) is 0 Å². The molecular weight excluding hydrogens is 188 g/mol. The molecule has 0 aromatic rings. The van der Waals surface area contributed by atoms with E-state index in [9.17, 15) is 4.79 Å². The van der Waals surface area contributed by atoms with Crippen molar-refractivity contribution in [3.05, 3.63) is 0 Å². The van der Waals surface area contributed by atoms with E-state index in [1.165, 1.54) is 19.3 Å². The van der Waals surface area contributed by atoms with Gasteiger partial charge in [0, 0.05) is 0 Å². The lowest BCUT2D eigenvalue weighted by Gasteiger charge is -2.20. The number of esters is 1. The van der Waals surface area contributed by atoms with Crippen molar-refractivity contribution in [1.29, 1.82) is 0 Å². The first-order chi connectivity index (χ1) is 6.88. The molecular formula is C13H26O2. The first kappa shape index (κ1) is 14.5. The summed E-state index contributed by atoms with van der Waals surface area (Å²) in [5.41, 5.74) is -0.377. The molecule has 0 fully saturated rings. The van der Waals surface area contributed by atoms with Crippen molar-refractivity contribution in [2.24, 2.45) is 5.41 Å². The van der Waals surface area contributed by atoms with Gasteiger partial charge in [0.15, 0.2) is 0 Å². The average Bonchev–Trinajstić information content (AvgIpc) is 2.11. The molecule has 0 bridgehead atoms. The minimum atomic E-state index is -0.377. The number of hydrogen-bond donors (Lipinski definition) is 0. The fraction of sp³-hybridized carbons (Fsp3) is 0.923. The highest BCUT2D eigenvalue weighted by atomic mass is 16.5. The van der Waals surface area contributed by atoms with E-state index in [-0.39, 0.29) is 17.5 Å². The normalized spacial score (nSPS) is 13.7. The molecule has 0 amide bonds. The van der Waals surface area contributed by atoms with Crippen molar-refractivity contribution in [2.45, 2.75) is 72.8 Å². The maximum absolute atomic E-state index is 11.5. The van der Waals surface area contributed by atoms with Crippen LogP contribution in [0.3, 0.4) is 0 Å². The summed E-state index contributed by atoms with van der Waals surface area (Å²) in [6, 6.07) is 0. The third-order valence-corrected chi connectivity index (χ3v) is 2.38. The Morgan fingerprint density at radius 2 is 1.80 bits per heavy atom. The number of unbranched alkanes of at least 4 members (excludes halogenated alkanes) is 3. The topological polar surface area (TPSA) is 26.3 Å². The van der Waals surface area contributed by atoms with Crippen molar-refractivity contribution in [2.75, 3.05) is 0 Å². The highest BCUT2D eigenvalue weighted by Crippen LogP contribution is 2.18. The first-order valence-electron chi connectivity index (χ1n) is 6.09. The fourth-order valence-corrected chi connectivity index (χ4v) is 1.28. The molecule has 0 radical (unpaired) electrons. The Hall–Kier alpha value is -0.530. The molecule has 0 rings (SSSR count). The van der Waals surface area contributed by atoms with Gasteiger partial charge in [-0.1, -0.05) is 26.2 Å². The van der Waals surface area contributed by atoms with Gasteiger partial charge in [0.1, 0.15) is 0 Å². The van der Waals surface area contributed by atoms with Gasteiger partial charge in [0.25, 0.3) is 0 Å². The third kappa shape index (κ3) is 7.40. The lowest BCUT2D eigenvalue weighted by molar-refractivity contribution is -0.158. The second kappa shape index (κ2) is 6.86. The Labute approximate surface area is 94.4 Å². The van der Waals surface area contributed by atoms with E-state index in [0.717, 1.165) is 12.8 Å². The highest BCUT2D eigenvalue weighted by molar-refractivity contribution is 5.75. The molecule has 0 spiro atoms. The van der Waals surface area contributed by atoms with Crippen molar-refractivity contribution >= 4 is 5.97 Å². The number of ether oxygens (including phenoxy) is 1. The third-order valence-electron chi connectivity index (χ3n) is 2.38. The zero-order valence-corrected chi connectivity index (χ0v) is 10.9. The van der Waals surface area contributed by atoms with Crippen molar-refractivity contribution < 1.29 is 9.53 Å². The zero-order chi connectivity index (χ0) is 11.9. The van der Waals surface area contributed by atoms with Gasteiger partial charge in [-0.3, -0.25) is 4.79 Å². The Kier molecular flexibility index (Phi) is 6.62. The van der Waals surface area contributed by atoms with Crippen LogP contribution in [0.2, 0.25) is 0 Å². The van der Waals surface area contributed by atoms with Crippen LogP contribution in [0, 0.1) is 5.41 Å². The molecule has 15 heavy (non-hydrogen) atoms. The van der Waals surface area contributed by atoms with Gasteiger partial charge < -0.3 is 4.74 Å². The quantitative estimate of drug-likeness (QED) is 0.494. The molecule has 2 nitrogen and oxygen atoms in total. The van der Waals surface area contributed by atoms with E-state index < -0.39 is 0 Å². The van der Waals surface area contributed by atoms with Gasteiger partial charge in [-0.25, -0.2) is 0 Å². The SMILES string of the molecule is CCCCCCC(C)OC(=O)C(C)(C)C. The van der Waals surface area contributed by atoms with Gasteiger partial charge >= 0.3 is 5.97 Å². The molecule has 1 unspecified atom stereocenters. The second-order valence-corrected chi connectivity index (χ2v) is 5.32. The minimum absolute atomic E-state index is 0.0635. The molecule has 0 aliphatic carbocycles. The number of carbonyl (C=O) groups is 1. The fourth-order valence-electron chi connectivity index (χ4n) is 1.28. The van der Waals surface area contributed by atoms with Crippen LogP contribution < -0.4 is 0 Å². The Morgan fingerprint density at radius 1 is 1.20 bits per heavy atom. The van der Waals surface area contributed by atoms with Crippen molar-refractivity contribution in [3.8, 4) is 0 Å².